The highest BCUT2D eigenvalue weighted by Gasteiger charge is 2.43. The van der Waals surface area contributed by atoms with E-state index in [1.54, 1.807) is 6.07 Å². The third-order valence-corrected chi connectivity index (χ3v) is 6.11. The zero-order valence-corrected chi connectivity index (χ0v) is 15.2. The lowest BCUT2D eigenvalue weighted by atomic mass is 9.73. The zero-order chi connectivity index (χ0) is 19.1. The van der Waals surface area contributed by atoms with Gasteiger partial charge in [0.1, 0.15) is 5.01 Å². The first kappa shape index (κ1) is 18.4. The van der Waals surface area contributed by atoms with Crippen molar-refractivity contribution in [2.24, 2.45) is 0 Å². The summed E-state index contributed by atoms with van der Waals surface area (Å²) in [4.78, 5) is 13.1. The number of amides is 1. The van der Waals surface area contributed by atoms with Gasteiger partial charge in [-0.25, -0.2) is 0 Å². The molecule has 2 fully saturated rings. The Hall–Kier alpha value is -2.00. The van der Waals surface area contributed by atoms with Gasteiger partial charge >= 0.3 is 6.18 Å². The van der Waals surface area contributed by atoms with Crippen LogP contribution in [0.5, 0.6) is 0 Å². The van der Waals surface area contributed by atoms with Crippen LogP contribution in [-0.4, -0.2) is 29.3 Å². The number of nitrogens with zero attached hydrogens (tertiary/aromatic N) is 2. The van der Waals surface area contributed by atoms with E-state index >= 15 is 0 Å². The molecule has 27 heavy (non-hydrogen) atoms. The predicted molar refractivity (Wildman–Crippen MR) is 93.7 cm³/mol. The van der Waals surface area contributed by atoms with Gasteiger partial charge in [-0.3, -0.25) is 10.1 Å². The monoisotopic (exact) mass is 397 g/mol. The van der Waals surface area contributed by atoms with Crippen molar-refractivity contribution in [3.05, 3.63) is 40.4 Å². The van der Waals surface area contributed by atoms with Crippen molar-refractivity contribution >= 4 is 22.4 Å². The van der Waals surface area contributed by atoms with Crippen LogP contribution in [0.3, 0.4) is 0 Å². The number of alkyl halides is 3. The van der Waals surface area contributed by atoms with E-state index in [1.807, 2.05) is 0 Å². The van der Waals surface area contributed by atoms with Crippen LogP contribution >= 0.6 is 11.3 Å². The van der Waals surface area contributed by atoms with Gasteiger partial charge < -0.3 is 4.74 Å². The van der Waals surface area contributed by atoms with E-state index < -0.39 is 17.2 Å². The highest BCUT2D eigenvalue weighted by Crippen LogP contribution is 2.43. The van der Waals surface area contributed by atoms with Crippen molar-refractivity contribution in [2.75, 3.05) is 18.5 Å². The van der Waals surface area contributed by atoms with Crippen LogP contribution in [0, 0.1) is 0 Å². The number of aromatic nitrogens is 2. The quantitative estimate of drug-likeness (QED) is 0.843. The van der Waals surface area contributed by atoms with Crippen molar-refractivity contribution in [3.63, 3.8) is 0 Å². The van der Waals surface area contributed by atoms with E-state index in [-0.39, 0.29) is 5.91 Å². The van der Waals surface area contributed by atoms with E-state index in [0.717, 1.165) is 30.0 Å². The SMILES string of the molecule is O=C(Nc1nnc(C2CC2)s1)C1(c2cccc(C(F)(F)F)c2)CCOCC1. The van der Waals surface area contributed by atoms with Crippen molar-refractivity contribution in [1.82, 2.24) is 10.2 Å². The molecule has 0 spiro atoms. The Morgan fingerprint density at radius 2 is 1.96 bits per heavy atom. The van der Waals surface area contributed by atoms with Crippen LogP contribution < -0.4 is 5.32 Å². The number of halogens is 3. The molecule has 0 atom stereocenters. The van der Waals surface area contributed by atoms with Crippen molar-refractivity contribution in [3.8, 4) is 0 Å². The summed E-state index contributed by atoms with van der Waals surface area (Å²) in [5.41, 5.74) is -1.49. The molecule has 1 N–H and O–H groups in total. The molecular weight excluding hydrogens is 379 g/mol. The number of rotatable bonds is 4. The van der Waals surface area contributed by atoms with Crippen molar-refractivity contribution < 1.29 is 22.7 Å². The lowest BCUT2D eigenvalue weighted by Crippen LogP contribution is -2.45. The summed E-state index contributed by atoms with van der Waals surface area (Å²) in [5, 5.41) is 12.2. The average Bonchev–Trinajstić information content (AvgIpc) is 3.41. The number of ether oxygens (including phenoxy) is 1. The number of benzene rings is 1. The van der Waals surface area contributed by atoms with Crippen LogP contribution in [0.1, 0.15) is 47.7 Å². The van der Waals surface area contributed by atoms with Gasteiger partial charge in [0.15, 0.2) is 0 Å². The third-order valence-electron chi connectivity index (χ3n) is 5.11. The molecule has 1 aromatic heterocycles. The minimum absolute atomic E-state index is 0.313. The molecule has 1 aliphatic carbocycles. The Balaban J connectivity index is 1.64. The fourth-order valence-electron chi connectivity index (χ4n) is 3.36. The number of anilines is 1. The van der Waals surface area contributed by atoms with Gasteiger partial charge in [-0.15, -0.1) is 10.2 Å². The first-order valence-corrected chi connectivity index (χ1v) is 9.60. The lowest BCUT2D eigenvalue weighted by molar-refractivity contribution is -0.138. The molecule has 0 unspecified atom stereocenters. The number of hydrogen-bond acceptors (Lipinski definition) is 5. The molecule has 2 heterocycles. The first-order chi connectivity index (χ1) is 12.9. The van der Waals surface area contributed by atoms with Gasteiger partial charge in [-0.2, -0.15) is 13.2 Å². The molecule has 9 heteroatoms. The number of carbonyl (C=O) groups is 1. The van der Waals surface area contributed by atoms with Gasteiger partial charge in [0, 0.05) is 19.1 Å². The Kier molecular flexibility index (Phi) is 4.67. The van der Waals surface area contributed by atoms with Crippen molar-refractivity contribution in [2.45, 2.75) is 43.2 Å². The lowest BCUT2D eigenvalue weighted by Gasteiger charge is -2.36. The van der Waals surface area contributed by atoms with Crippen LogP contribution in [0.2, 0.25) is 0 Å². The van der Waals surface area contributed by atoms with Crippen LogP contribution in [-0.2, 0) is 21.1 Å². The number of hydrogen-bond donors (Lipinski definition) is 1. The van der Waals surface area contributed by atoms with E-state index in [1.165, 1.54) is 17.4 Å². The zero-order valence-electron chi connectivity index (χ0n) is 14.4. The van der Waals surface area contributed by atoms with Gasteiger partial charge in [0.25, 0.3) is 0 Å². The summed E-state index contributed by atoms with van der Waals surface area (Å²) in [6.07, 6.45) is -1.68. The van der Waals surface area contributed by atoms with Crippen LogP contribution in [0.4, 0.5) is 18.3 Å². The highest BCUT2D eigenvalue weighted by molar-refractivity contribution is 7.15. The van der Waals surface area contributed by atoms with E-state index in [2.05, 4.69) is 15.5 Å². The molecule has 0 radical (unpaired) electrons. The number of nitrogens with one attached hydrogen (secondary N) is 1. The molecule has 1 aromatic carbocycles. The maximum atomic E-state index is 13.2. The topological polar surface area (TPSA) is 64.1 Å². The Labute approximate surface area is 157 Å². The summed E-state index contributed by atoms with van der Waals surface area (Å²) in [7, 11) is 0. The largest absolute Gasteiger partial charge is 0.416 e. The number of carbonyl (C=O) groups excluding carboxylic acids is 1. The molecule has 144 valence electrons. The van der Waals surface area contributed by atoms with Crippen LogP contribution in [0.15, 0.2) is 24.3 Å². The molecule has 4 rings (SSSR count). The molecule has 1 saturated heterocycles. The molecule has 1 saturated carbocycles. The predicted octanol–water partition coefficient (Wildman–Crippen LogP) is 4.12. The highest BCUT2D eigenvalue weighted by atomic mass is 32.1. The van der Waals surface area contributed by atoms with Crippen molar-refractivity contribution in [1.29, 1.82) is 0 Å². The standard InChI is InChI=1S/C18H18F3N3O2S/c19-18(20,21)13-3-1-2-12(10-13)17(6-8-26-9-7-17)15(25)22-16-24-23-14(27-16)11-4-5-11/h1-3,10-11H,4-9H2,(H,22,24,25). The summed E-state index contributed by atoms with van der Waals surface area (Å²) < 4.78 is 44.8. The van der Waals surface area contributed by atoms with Crippen LogP contribution in [0.25, 0.3) is 0 Å². The maximum absolute atomic E-state index is 13.2. The van der Waals surface area contributed by atoms with E-state index in [4.69, 9.17) is 4.74 Å². The smallest absolute Gasteiger partial charge is 0.381 e. The van der Waals surface area contributed by atoms with E-state index in [9.17, 15) is 18.0 Å². The second-order valence-corrected chi connectivity index (χ2v) is 7.96. The molecule has 0 bridgehead atoms. The average molecular weight is 397 g/mol. The Bertz CT molecular complexity index is 842. The van der Waals surface area contributed by atoms with E-state index in [0.29, 0.717) is 42.7 Å². The second kappa shape index (κ2) is 6.87. The fraction of sp³-hybridized carbons (Fsp3) is 0.500. The second-order valence-electron chi connectivity index (χ2n) is 6.95. The Morgan fingerprint density at radius 1 is 1.22 bits per heavy atom. The molecule has 2 aromatic rings. The minimum atomic E-state index is -4.46. The van der Waals surface area contributed by atoms with Gasteiger partial charge in [0.05, 0.1) is 11.0 Å². The van der Waals surface area contributed by atoms with Gasteiger partial charge in [-0.1, -0.05) is 29.5 Å². The normalized spacial score (nSPS) is 19.7. The fourth-order valence-corrected chi connectivity index (χ4v) is 4.26. The Morgan fingerprint density at radius 3 is 2.63 bits per heavy atom. The molecule has 1 aliphatic heterocycles. The summed E-state index contributed by atoms with van der Waals surface area (Å²) in [6.45, 7) is 0.625. The third kappa shape index (κ3) is 3.70. The molecule has 5 nitrogen and oxygen atoms in total. The summed E-state index contributed by atoms with van der Waals surface area (Å²) >= 11 is 1.33. The molecule has 1 amide bonds. The van der Waals surface area contributed by atoms with Gasteiger partial charge in [0.2, 0.25) is 11.0 Å². The summed E-state index contributed by atoms with van der Waals surface area (Å²) in [6, 6.07) is 5.01. The molecule has 2 aliphatic rings. The first-order valence-electron chi connectivity index (χ1n) is 8.79. The minimum Gasteiger partial charge on any atom is -0.381 e. The maximum Gasteiger partial charge on any atom is 0.416 e. The summed E-state index contributed by atoms with van der Waals surface area (Å²) in [5.74, 6) is 0.0669. The van der Waals surface area contributed by atoms with Gasteiger partial charge in [-0.05, 0) is 37.3 Å². The molecular formula is C18H18F3N3O2S.